The number of carboxylic acids is 1. The van der Waals surface area contributed by atoms with Crippen LogP contribution in [0.3, 0.4) is 0 Å². The Bertz CT molecular complexity index is 725. The van der Waals surface area contributed by atoms with Crippen LogP contribution in [-0.4, -0.2) is 21.0 Å². The summed E-state index contributed by atoms with van der Waals surface area (Å²) in [7, 11) is 0. The van der Waals surface area contributed by atoms with Crippen molar-refractivity contribution in [1.82, 2.24) is 4.73 Å². The van der Waals surface area contributed by atoms with Gasteiger partial charge in [-0.15, -0.1) is 0 Å². The van der Waals surface area contributed by atoms with E-state index in [0.717, 1.165) is 11.1 Å². The second kappa shape index (κ2) is 3.66. The highest BCUT2D eigenvalue weighted by molar-refractivity contribution is 5.95. The molecule has 0 fully saturated rings. The first-order valence-corrected chi connectivity index (χ1v) is 5.27. The quantitative estimate of drug-likeness (QED) is 0.678. The minimum absolute atomic E-state index is 0.158. The third kappa shape index (κ3) is 1.45. The molecule has 0 spiro atoms. The zero-order chi connectivity index (χ0) is 12.7. The highest BCUT2D eigenvalue weighted by atomic mass is 16.5. The molecular weight excluding hydrogens is 234 g/mol. The second-order valence-corrected chi connectivity index (χ2v) is 3.93. The van der Waals surface area contributed by atoms with Crippen LogP contribution in [-0.2, 0) is 0 Å². The molecule has 18 heavy (non-hydrogen) atoms. The van der Waals surface area contributed by atoms with Crippen molar-refractivity contribution in [2.24, 2.45) is 0 Å². The molecule has 0 saturated heterocycles. The van der Waals surface area contributed by atoms with Crippen LogP contribution in [0.4, 0.5) is 0 Å². The minimum atomic E-state index is -1.17. The molecule has 0 atom stereocenters. The zero-order valence-corrected chi connectivity index (χ0v) is 9.20. The number of aromatic carboxylic acids is 1. The molecule has 2 aromatic heterocycles. The summed E-state index contributed by atoms with van der Waals surface area (Å²) in [5.41, 5.74) is 2.01. The average molecular weight is 243 g/mol. The number of hydrogen-bond acceptors (Lipinski definition) is 3. The van der Waals surface area contributed by atoms with E-state index in [1.54, 1.807) is 30.7 Å². The standard InChI is InChI=1S/C13H9NO4/c15-13(16)12-6-9-2-1-8(5-11(9)14(12)17)10-3-4-18-7-10/h1-7,17H,(H,15,16). The van der Waals surface area contributed by atoms with E-state index >= 15 is 0 Å². The molecule has 5 heteroatoms. The fourth-order valence-electron chi connectivity index (χ4n) is 1.95. The molecule has 0 saturated carbocycles. The molecule has 2 heterocycles. The summed E-state index contributed by atoms with van der Waals surface area (Å²) in [5, 5.41) is 19.4. The van der Waals surface area contributed by atoms with Gasteiger partial charge in [0.05, 0.1) is 18.0 Å². The van der Waals surface area contributed by atoms with E-state index in [0.29, 0.717) is 15.6 Å². The lowest BCUT2D eigenvalue weighted by Crippen LogP contribution is -2.04. The van der Waals surface area contributed by atoms with E-state index in [4.69, 9.17) is 9.52 Å². The van der Waals surface area contributed by atoms with Crippen LogP contribution in [0.2, 0.25) is 0 Å². The molecule has 1 aromatic carbocycles. The molecule has 0 unspecified atom stereocenters. The number of hydrogen-bond donors (Lipinski definition) is 2. The van der Waals surface area contributed by atoms with Gasteiger partial charge in [0, 0.05) is 10.9 Å². The van der Waals surface area contributed by atoms with E-state index in [2.05, 4.69) is 0 Å². The number of aromatic nitrogens is 1. The zero-order valence-electron chi connectivity index (χ0n) is 9.20. The lowest BCUT2D eigenvalue weighted by molar-refractivity contribution is 0.0649. The maximum Gasteiger partial charge on any atom is 0.356 e. The van der Waals surface area contributed by atoms with Crippen LogP contribution in [0.15, 0.2) is 47.3 Å². The van der Waals surface area contributed by atoms with Gasteiger partial charge in [0.15, 0.2) is 5.69 Å². The Hall–Kier alpha value is -2.69. The van der Waals surface area contributed by atoms with Gasteiger partial charge < -0.3 is 14.7 Å². The monoisotopic (exact) mass is 243 g/mol. The molecule has 2 N–H and O–H groups in total. The van der Waals surface area contributed by atoms with Gasteiger partial charge in [-0.25, -0.2) is 4.79 Å². The third-order valence-electron chi connectivity index (χ3n) is 2.85. The van der Waals surface area contributed by atoms with Crippen molar-refractivity contribution in [2.75, 3.05) is 0 Å². The van der Waals surface area contributed by atoms with E-state index in [-0.39, 0.29) is 5.69 Å². The summed E-state index contributed by atoms with van der Waals surface area (Å²) in [6, 6.07) is 8.54. The lowest BCUT2D eigenvalue weighted by Gasteiger charge is -2.00. The highest BCUT2D eigenvalue weighted by Crippen LogP contribution is 2.26. The van der Waals surface area contributed by atoms with Crippen molar-refractivity contribution in [2.45, 2.75) is 0 Å². The van der Waals surface area contributed by atoms with Crippen molar-refractivity contribution in [3.8, 4) is 11.1 Å². The summed E-state index contributed by atoms with van der Waals surface area (Å²) >= 11 is 0. The Balaban J connectivity index is 2.23. The third-order valence-corrected chi connectivity index (χ3v) is 2.85. The van der Waals surface area contributed by atoms with Gasteiger partial charge >= 0.3 is 5.97 Å². The predicted molar refractivity (Wildman–Crippen MR) is 63.8 cm³/mol. The summed E-state index contributed by atoms with van der Waals surface area (Å²) in [4.78, 5) is 10.9. The first kappa shape index (κ1) is 10.5. The van der Waals surface area contributed by atoms with Crippen LogP contribution < -0.4 is 0 Å². The maximum atomic E-state index is 10.9. The molecule has 0 radical (unpaired) electrons. The Kier molecular flexibility index (Phi) is 2.13. The molecule has 0 aliphatic heterocycles. The summed E-state index contributed by atoms with van der Waals surface area (Å²) < 4.78 is 5.67. The van der Waals surface area contributed by atoms with Crippen LogP contribution in [0.25, 0.3) is 22.0 Å². The van der Waals surface area contributed by atoms with Crippen molar-refractivity contribution in [3.05, 3.63) is 48.6 Å². The van der Waals surface area contributed by atoms with Crippen LogP contribution in [0, 0.1) is 0 Å². The SMILES string of the molecule is O=C(O)c1cc2ccc(-c3ccoc3)cc2n1O. The molecule has 0 bridgehead atoms. The number of fused-ring (bicyclic) bond motifs is 1. The molecule has 0 amide bonds. The predicted octanol–water partition coefficient (Wildman–Crippen LogP) is 2.84. The summed E-state index contributed by atoms with van der Waals surface area (Å²) in [6.07, 6.45) is 3.14. The number of carbonyl (C=O) groups is 1. The maximum absolute atomic E-state index is 10.9. The van der Waals surface area contributed by atoms with Crippen molar-refractivity contribution in [3.63, 3.8) is 0 Å². The largest absolute Gasteiger partial charge is 0.476 e. The van der Waals surface area contributed by atoms with Crippen LogP contribution in [0.1, 0.15) is 10.5 Å². The number of carboxylic acid groups (broad SMARTS) is 1. The van der Waals surface area contributed by atoms with Gasteiger partial charge in [0.1, 0.15) is 0 Å². The Morgan fingerprint density at radius 3 is 2.67 bits per heavy atom. The van der Waals surface area contributed by atoms with Crippen LogP contribution >= 0.6 is 0 Å². The fourth-order valence-corrected chi connectivity index (χ4v) is 1.95. The highest BCUT2D eigenvalue weighted by Gasteiger charge is 2.14. The van der Waals surface area contributed by atoms with Crippen molar-refractivity contribution in [1.29, 1.82) is 0 Å². The van der Waals surface area contributed by atoms with E-state index in [9.17, 15) is 10.0 Å². The smallest absolute Gasteiger partial charge is 0.356 e. The molecular formula is C13H9NO4. The van der Waals surface area contributed by atoms with E-state index in [1.165, 1.54) is 6.07 Å². The number of benzene rings is 1. The van der Waals surface area contributed by atoms with E-state index < -0.39 is 5.97 Å². The first-order chi connectivity index (χ1) is 8.66. The molecule has 0 aliphatic carbocycles. The number of nitrogens with zero attached hydrogens (tertiary/aromatic N) is 1. The molecule has 5 nitrogen and oxygen atoms in total. The van der Waals surface area contributed by atoms with Gasteiger partial charge in [0.2, 0.25) is 0 Å². The normalized spacial score (nSPS) is 10.9. The van der Waals surface area contributed by atoms with Crippen molar-refractivity contribution >= 4 is 16.9 Å². The van der Waals surface area contributed by atoms with E-state index in [1.807, 2.05) is 6.07 Å². The van der Waals surface area contributed by atoms with Gasteiger partial charge in [-0.2, -0.15) is 4.73 Å². The van der Waals surface area contributed by atoms with Gasteiger partial charge in [-0.05, 0) is 23.8 Å². The minimum Gasteiger partial charge on any atom is -0.476 e. The second-order valence-electron chi connectivity index (χ2n) is 3.93. The summed E-state index contributed by atoms with van der Waals surface area (Å²) in [5.74, 6) is -1.17. The van der Waals surface area contributed by atoms with Crippen molar-refractivity contribution < 1.29 is 19.5 Å². The molecule has 3 rings (SSSR count). The summed E-state index contributed by atoms with van der Waals surface area (Å²) in [6.45, 7) is 0. The van der Waals surface area contributed by atoms with Gasteiger partial charge in [0.25, 0.3) is 0 Å². The lowest BCUT2D eigenvalue weighted by atomic mass is 10.1. The topological polar surface area (TPSA) is 75.6 Å². The molecule has 0 aliphatic rings. The number of furan rings is 1. The Morgan fingerprint density at radius 2 is 2.00 bits per heavy atom. The average Bonchev–Trinajstić information content (AvgIpc) is 2.97. The number of rotatable bonds is 2. The van der Waals surface area contributed by atoms with Gasteiger partial charge in [-0.1, -0.05) is 12.1 Å². The Labute approximate surface area is 101 Å². The first-order valence-electron chi connectivity index (χ1n) is 5.27. The molecule has 90 valence electrons. The van der Waals surface area contributed by atoms with Crippen LogP contribution in [0.5, 0.6) is 0 Å². The molecule has 3 aromatic rings. The fraction of sp³-hybridized carbons (Fsp3) is 0. The van der Waals surface area contributed by atoms with Gasteiger partial charge in [-0.3, -0.25) is 0 Å². The Morgan fingerprint density at radius 1 is 1.17 bits per heavy atom.